The molecule has 1 rings (SSSR count). The van der Waals surface area contributed by atoms with Crippen LogP contribution in [0.3, 0.4) is 0 Å². The zero-order valence-corrected chi connectivity index (χ0v) is 9.31. The molecule has 4 nitrogen and oxygen atoms in total. The highest BCUT2D eigenvalue weighted by Gasteiger charge is 2.17. The van der Waals surface area contributed by atoms with Crippen molar-refractivity contribution in [3.8, 4) is 0 Å². The van der Waals surface area contributed by atoms with Crippen LogP contribution in [0.1, 0.15) is 33.6 Å². The number of carbonyl (C=O) groups excluding carboxylic acids is 1. The Bertz CT molecular complexity index is 192. The summed E-state index contributed by atoms with van der Waals surface area (Å²) in [6.45, 7) is 7.72. The molecule has 1 aliphatic heterocycles. The van der Waals surface area contributed by atoms with Gasteiger partial charge in [-0.2, -0.15) is 0 Å². The summed E-state index contributed by atoms with van der Waals surface area (Å²) in [5, 5.41) is 9.07. The zero-order valence-electron chi connectivity index (χ0n) is 9.31. The maximum absolute atomic E-state index is 11.4. The quantitative estimate of drug-likeness (QED) is 0.617. The number of carbonyl (C=O) groups is 1. The highest BCUT2D eigenvalue weighted by atomic mass is 16.2. The van der Waals surface area contributed by atoms with Gasteiger partial charge in [0.25, 0.3) is 0 Å². The lowest BCUT2D eigenvalue weighted by Crippen LogP contribution is -2.49. The predicted octanol–water partition coefficient (Wildman–Crippen LogP) is 0.836. The Labute approximate surface area is 85.8 Å². The van der Waals surface area contributed by atoms with Gasteiger partial charge in [-0.1, -0.05) is 0 Å². The third-order valence-electron chi connectivity index (χ3n) is 2.16. The Morgan fingerprint density at radius 1 is 1.50 bits per heavy atom. The number of urea groups is 1. The molecular weight excluding hydrogens is 178 g/mol. The van der Waals surface area contributed by atoms with Gasteiger partial charge in [0, 0.05) is 18.1 Å². The van der Waals surface area contributed by atoms with Crippen molar-refractivity contribution in [2.24, 2.45) is 0 Å². The molecule has 0 bridgehead atoms. The van der Waals surface area contributed by atoms with Crippen LogP contribution in [0.25, 0.3) is 0 Å². The highest BCUT2D eigenvalue weighted by molar-refractivity contribution is 5.74. The first-order valence-electron chi connectivity index (χ1n) is 5.27. The molecule has 82 valence electrons. The van der Waals surface area contributed by atoms with Gasteiger partial charge in [-0.25, -0.2) is 4.79 Å². The van der Waals surface area contributed by atoms with E-state index in [0.717, 1.165) is 19.5 Å². The predicted molar refractivity (Wildman–Crippen MR) is 57.3 cm³/mol. The number of rotatable bonds is 2. The number of nitrogens with one attached hydrogen (secondary N) is 3. The van der Waals surface area contributed by atoms with Gasteiger partial charge in [0.05, 0.1) is 0 Å². The monoisotopic (exact) mass is 199 g/mol. The summed E-state index contributed by atoms with van der Waals surface area (Å²) in [5.74, 6) is 0. The van der Waals surface area contributed by atoms with Gasteiger partial charge in [-0.05, 0) is 40.2 Å². The van der Waals surface area contributed by atoms with Gasteiger partial charge in [-0.15, -0.1) is 0 Å². The molecule has 4 heteroatoms. The standard InChI is InChI=1S/C10H21N3O/c1-10(2,3)13-9(14)12-7-8-5-4-6-11-8/h8,11H,4-7H2,1-3H3,(H2,12,13,14). The molecule has 0 aromatic rings. The first-order chi connectivity index (χ1) is 6.47. The average Bonchev–Trinajstić information content (AvgIpc) is 2.49. The van der Waals surface area contributed by atoms with E-state index in [1.807, 2.05) is 20.8 Å². The Kier molecular flexibility index (Phi) is 3.75. The fourth-order valence-corrected chi connectivity index (χ4v) is 1.53. The minimum atomic E-state index is -0.160. The molecule has 0 aromatic heterocycles. The van der Waals surface area contributed by atoms with E-state index in [9.17, 15) is 4.79 Å². The van der Waals surface area contributed by atoms with Crippen molar-refractivity contribution in [2.45, 2.75) is 45.2 Å². The molecule has 1 saturated heterocycles. The van der Waals surface area contributed by atoms with E-state index in [1.165, 1.54) is 6.42 Å². The fourth-order valence-electron chi connectivity index (χ4n) is 1.53. The summed E-state index contributed by atoms with van der Waals surface area (Å²) in [4.78, 5) is 11.4. The topological polar surface area (TPSA) is 53.2 Å². The molecular formula is C10H21N3O. The van der Waals surface area contributed by atoms with E-state index in [0.29, 0.717) is 6.04 Å². The number of amides is 2. The van der Waals surface area contributed by atoms with Gasteiger partial charge in [-0.3, -0.25) is 0 Å². The number of hydrogen-bond donors (Lipinski definition) is 3. The largest absolute Gasteiger partial charge is 0.337 e. The minimum absolute atomic E-state index is 0.0776. The lowest BCUT2D eigenvalue weighted by molar-refractivity contribution is 0.231. The first-order valence-corrected chi connectivity index (χ1v) is 5.27. The van der Waals surface area contributed by atoms with Crippen molar-refractivity contribution in [1.29, 1.82) is 0 Å². The smallest absolute Gasteiger partial charge is 0.315 e. The molecule has 0 spiro atoms. The van der Waals surface area contributed by atoms with Crippen molar-refractivity contribution in [3.63, 3.8) is 0 Å². The summed E-state index contributed by atoms with van der Waals surface area (Å²) < 4.78 is 0. The van der Waals surface area contributed by atoms with Crippen molar-refractivity contribution in [3.05, 3.63) is 0 Å². The van der Waals surface area contributed by atoms with E-state index in [2.05, 4.69) is 16.0 Å². The van der Waals surface area contributed by atoms with Crippen LogP contribution in [0.5, 0.6) is 0 Å². The zero-order chi connectivity index (χ0) is 10.6. The van der Waals surface area contributed by atoms with Crippen LogP contribution >= 0.6 is 0 Å². The van der Waals surface area contributed by atoms with Crippen LogP contribution in [0.2, 0.25) is 0 Å². The lowest BCUT2D eigenvalue weighted by atomic mass is 10.1. The average molecular weight is 199 g/mol. The summed E-state index contributed by atoms with van der Waals surface area (Å²) in [6.07, 6.45) is 2.38. The van der Waals surface area contributed by atoms with E-state index >= 15 is 0 Å². The summed E-state index contributed by atoms with van der Waals surface area (Å²) in [5.41, 5.74) is -0.160. The summed E-state index contributed by atoms with van der Waals surface area (Å²) in [7, 11) is 0. The third kappa shape index (κ3) is 4.46. The third-order valence-corrected chi connectivity index (χ3v) is 2.16. The van der Waals surface area contributed by atoms with Crippen molar-refractivity contribution < 1.29 is 4.79 Å². The van der Waals surface area contributed by atoms with Crippen molar-refractivity contribution in [1.82, 2.24) is 16.0 Å². The minimum Gasteiger partial charge on any atom is -0.337 e. The molecule has 1 atom stereocenters. The van der Waals surface area contributed by atoms with Crippen molar-refractivity contribution >= 4 is 6.03 Å². The maximum atomic E-state index is 11.4. The molecule has 2 amide bonds. The Morgan fingerprint density at radius 2 is 2.21 bits per heavy atom. The van der Waals surface area contributed by atoms with Gasteiger partial charge < -0.3 is 16.0 Å². The van der Waals surface area contributed by atoms with Crippen molar-refractivity contribution in [2.75, 3.05) is 13.1 Å². The second-order valence-corrected chi connectivity index (χ2v) is 4.88. The number of hydrogen-bond acceptors (Lipinski definition) is 2. The SMILES string of the molecule is CC(C)(C)NC(=O)NCC1CCCN1. The van der Waals surface area contributed by atoms with E-state index < -0.39 is 0 Å². The second kappa shape index (κ2) is 4.64. The Hall–Kier alpha value is -0.770. The fraction of sp³-hybridized carbons (Fsp3) is 0.900. The Balaban J connectivity index is 2.14. The van der Waals surface area contributed by atoms with Crippen LogP contribution in [0.4, 0.5) is 4.79 Å². The maximum Gasteiger partial charge on any atom is 0.315 e. The van der Waals surface area contributed by atoms with Gasteiger partial charge in [0.1, 0.15) is 0 Å². The van der Waals surface area contributed by atoms with E-state index in [-0.39, 0.29) is 11.6 Å². The van der Waals surface area contributed by atoms with Gasteiger partial charge in [0.2, 0.25) is 0 Å². The molecule has 0 saturated carbocycles. The Morgan fingerprint density at radius 3 is 2.71 bits per heavy atom. The molecule has 0 radical (unpaired) electrons. The van der Waals surface area contributed by atoms with E-state index in [1.54, 1.807) is 0 Å². The van der Waals surface area contributed by atoms with Crippen LogP contribution in [0, 0.1) is 0 Å². The summed E-state index contributed by atoms with van der Waals surface area (Å²) in [6, 6.07) is 0.381. The molecule has 1 unspecified atom stereocenters. The normalized spacial score (nSPS) is 22.1. The molecule has 0 aromatic carbocycles. The van der Waals surface area contributed by atoms with Crippen LogP contribution in [-0.2, 0) is 0 Å². The van der Waals surface area contributed by atoms with Crippen LogP contribution < -0.4 is 16.0 Å². The molecule has 1 fully saturated rings. The first kappa shape index (κ1) is 11.3. The van der Waals surface area contributed by atoms with Gasteiger partial charge >= 0.3 is 6.03 Å². The molecule has 14 heavy (non-hydrogen) atoms. The second-order valence-electron chi connectivity index (χ2n) is 4.88. The molecule has 3 N–H and O–H groups in total. The highest BCUT2D eigenvalue weighted by Crippen LogP contribution is 2.03. The molecule has 1 aliphatic rings. The molecule has 1 heterocycles. The molecule has 0 aliphatic carbocycles. The van der Waals surface area contributed by atoms with Gasteiger partial charge in [0.15, 0.2) is 0 Å². The summed E-state index contributed by atoms with van der Waals surface area (Å²) >= 11 is 0. The van der Waals surface area contributed by atoms with Crippen LogP contribution in [-0.4, -0.2) is 30.7 Å². The van der Waals surface area contributed by atoms with Crippen LogP contribution in [0.15, 0.2) is 0 Å². The lowest BCUT2D eigenvalue weighted by Gasteiger charge is -2.21. The van der Waals surface area contributed by atoms with E-state index in [4.69, 9.17) is 0 Å².